The average Bonchev–Trinajstić information content (AvgIpc) is 2.60. The summed E-state index contributed by atoms with van der Waals surface area (Å²) in [6.07, 6.45) is 4.13. The van der Waals surface area contributed by atoms with Gasteiger partial charge >= 0.3 is 0 Å². The van der Waals surface area contributed by atoms with Gasteiger partial charge in [0.25, 0.3) is 5.91 Å². The Balaban J connectivity index is 1.86. The summed E-state index contributed by atoms with van der Waals surface area (Å²) in [6, 6.07) is 11.5. The van der Waals surface area contributed by atoms with E-state index in [2.05, 4.69) is 22.2 Å². The third-order valence-corrected chi connectivity index (χ3v) is 3.32. The Labute approximate surface area is 136 Å². The van der Waals surface area contributed by atoms with E-state index in [0.29, 0.717) is 12.2 Å². The van der Waals surface area contributed by atoms with Gasteiger partial charge < -0.3 is 15.4 Å². The second-order valence-corrected chi connectivity index (χ2v) is 4.92. The number of nitrogens with zero attached hydrogens (tertiary/aromatic N) is 1. The predicted octanol–water partition coefficient (Wildman–Crippen LogP) is 2.66. The van der Waals surface area contributed by atoms with Crippen molar-refractivity contribution in [3.05, 3.63) is 66.5 Å². The Bertz CT molecular complexity index is 654. The van der Waals surface area contributed by atoms with Gasteiger partial charge in [-0.1, -0.05) is 24.3 Å². The fourth-order valence-corrected chi connectivity index (χ4v) is 2.14. The molecular weight excluding hydrogens is 290 g/mol. The highest BCUT2D eigenvalue weighted by Gasteiger charge is 2.05. The minimum atomic E-state index is -0.203. The smallest absolute Gasteiger partial charge is 0.270 e. The Kier molecular flexibility index (Phi) is 6.17. The summed E-state index contributed by atoms with van der Waals surface area (Å²) >= 11 is 0. The van der Waals surface area contributed by atoms with Crippen molar-refractivity contribution in [2.45, 2.75) is 6.42 Å². The summed E-state index contributed by atoms with van der Waals surface area (Å²) in [4.78, 5) is 15.9. The molecule has 2 N–H and O–H groups in total. The molecule has 1 aromatic carbocycles. The van der Waals surface area contributed by atoms with Crippen LogP contribution in [0, 0.1) is 0 Å². The van der Waals surface area contributed by atoms with Crippen LogP contribution in [0.15, 0.2) is 55.3 Å². The number of methoxy groups -OCH3 is 1. The standard InChI is InChI=1S/C18H21N3O2/c1-3-11-20-18(22)16-9-8-15(13-21-16)19-12-10-14-6-4-5-7-17(14)23-2/h3-9,13,19H,1,10-12H2,2H3,(H,20,22). The Morgan fingerprint density at radius 1 is 1.30 bits per heavy atom. The molecule has 0 saturated heterocycles. The first-order chi connectivity index (χ1) is 11.2. The number of para-hydroxylation sites is 1. The minimum Gasteiger partial charge on any atom is -0.496 e. The van der Waals surface area contributed by atoms with E-state index in [0.717, 1.165) is 30.0 Å². The SMILES string of the molecule is C=CCNC(=O)c1ccc(NCCc2ccccc2OC)cn1. The maximum Gasteiger partial charge on any atom is 0.270 e. The summed E-state index contributed by atoms with van der Waals surface area (Å²) in [5, 5.41) is 5.98. The lowest BCUT2D eigenvalue weighted by atomic mass is 10.1. The highest BCUT2D eigenvalue weighted by Crippen LogP contribution is 2.17. The van der Waals surface area contributed by atoms with Crippen LogP contribution in [0.5, 0.6) is 5.75 Å². The van der Waals surface area contributed by atoms with E-state index in [1.807, 2.05) is 30.3 Å². The topological polar surface area (TPSA) is 63.2 Å². The molecule has 0 bridgehead atoms. The van der Waals surface area contributed by atoms with Crippen LogP contribution in [0.4, 0.5) is 5.69 Å². The van der Waals surface area contributed by atoms with Gasteiger partial charge in [-0.2, -0.15) is 0 Å². The number of nitrogens with one attached hydrogen (secondary N) is 2. The molecule has 0 atom stereocenters. The molecule has 2 rings (SSSR count). The Hall–Kier alpha value is -2.82. The number of carbonyl (C=O) groups is 1. The van der Waals surface area contributed by atoms with Crippen LogP contribution in [-0.4, -0.2) is 31.1 Å². The number of aromatic nitrogens is 1. The Morgan fingerprint density at radius 3 is 2.83 bits per heavy atom. The number of anilines is 1. The van der Waals surface area contributed by atoms with E-state index < -0.39 is 0 Å². The largest absolute Gasteiger partial charge is 0.496 e. The fraction of sp³-hybridized carbons (Fsp3) is 0.222. The van der Waals surface area contributed by atoms with E-state index >= 15 is 0 Å². The van der Waals surface area contributed by atoms with Gasteiger partial charge in [-0.25, -0.2) is 4.98 Å². The number of amides is 1. The van der Waals surface area contributed by atoms with Gasteiger partial charge in [-0.05, 0) is 30.2 Å². The zero-order valence-electron chi connectivity index (χ0n) is 13.2. The number of carbonyl (C=O) groups excluding carboxylic acids is 1. The molecule has 0 spiro atoms. The molecule has 5 heteroatoms. The highest BCUT2D eigenvalue weighted by atomic mass is 16.5. The minimum absolute atomic E-state index is 0.203. The van der Waals surface area contributed by atoms with Crippen molar-refractivity contribution in [1.29, 1.82) is 0 Å². The lowest BCUT2D eigenvalue weighted by Crippen LogP contribution is -2.24. The summed E-state index contributed by atoms with van der Waals surface area (Å²) in [6.45, 7) is 4.74. The molecule has 5 nitrogen and oxygen atoms in total. The van der Waals surface area contributed by atoms with Crippen molar-refractivity contribution in [2.24, 2.45) is 0 Å². The van der Waals surface area contributed by atoms with Crippen molar-refractivity contribution in [2.75, 3.05) is 25.5 Å². The van der Waals surface area contributed by atoms with Crippen LogP contribution in [0.3, 0.4) is 0 Å². The molecule has 0 unspecified atom stereocenters. The average molecular weight is 311 g/mol. The zero-order chi connectivity index (χ0) is 16.5. The first-order valence-corrected chi connectivity index (χ1v) is 7.45. The Morgan fingerprint density at radius 2 is 2.13 bits per heavy atom. The van der Waals surface area contributed by atoms with Gasteiger partial charge in [0.15, 0.2) is 0 Å². The zero-order valence-corrected chi connectivity index (χ0v) is 13.2. The van der Waals surface area contributed by atoms with Gasteiger partial charge in [-0.3, -0.25) is 4.79 Å². The number of pyridine rings is 1. The van der Waals surface area contributed by atoms with Crippen molar-refractivity contribution in [3.63, 3.8) is 0 Å². The van der Waals surface area contributed by atoms with Crippen LogP contribution in [0.1, 0.15) is 16.1 Å². The molecule has 23 heavy (non-hydrogen) atoms. The van der Waals surface area contributed by atoms with Gasteiger partial charge in [0.1, 0.15) is 11.4 Å². The van der Waals surface area contributed by atoms with E-state index in [9.17, 15) is 4.79 Å². The molecule has 0 aliphatic carbocycles. The molecule has 1 heterocycles. The third-order valence-electron chi connectivity index (χ3n) is 3.32. The molecule has 0 fully saturated rings. The molecule has 1 amide bonds. The molecule has 120 valence electrons. The molecule has 1 aromatic heterocycles. The van der Waals surface area contributed by atoms with Gasteiger partial charge in [0, 0.05) is 13.1 Å². The monoisotopic (exact) mass is 311 g/mol. The van der Waals surface area contributed by atoms with Crippen molar-refractivity contribution < 1.29 is 9.53 Å². The second-order valence-electron chi connectivity index (χ2n) is 4.92. The van der Waals surface area contributed by atoms with Gasteiger partial charge in [0.05, 0.1) is 19.0 Å². The van der Waals surface area contributed by atoms with Gasteiger partial charge in [0.2, 0.25) is 0 Å². The molecule has 0 aliphatic rings. The summed E-state index contributed by atoms with van der Waals surface area (Å²) in [5.41, 5.74) is 2.41. The van der Waals surface area contributed by atoms with Crippen LogP contribution >= 0.6 is 0 Å². The summed E-state index contributed by atoms with van der Waals surface area (Å²) < 4.78 is 5.33. The highest BCUT2D eigenvalue weighted by molar-refractivity contribution is 5.92. The van der Waals surface area contributed by atoms with Crippen molar-refractivity contribution >= 4 is 11.6 Å². The van der Waals surface area contributed by atoms with E-state index in [4.69, 9.17) is 4.74 Å². The van der Waals surface area contributed by atoms with Crippen LogP contribution in [0.2, 0.25) is 0 Å². The lowest BCUT2D eigenvalue weighted by molar-refractivity contribution is 0.0953. The fourth-order valence-electron chi connectivity index (χ4n) is 2.14. The van der Waals surface area contributed by atoms with E-state index in [-0.39, 0.29) is 5.91 Å². The molecule has 0 radical (unpaired) electrons. The van der Waals surface area contributed by atoms with E-state index in [1.165, 1.54) is 0 Å². The number of hydrogen-bond donors (Lipinski definition) is 2. The van der Waals surface area contributed by atoms with Crippen LogP contribution < -0.4 is 15.4 Å². The number of ether oxygens (including phenoxy) is 1. The van der Waals surface area contributed by atoms with Crippen molar-refractivity contribution in [3.8, 4) is 5.75 Å². The maximum absolute atomic E-state index is 11.7. The quantitative estimate of drug-likeness (QED) is 0.736. The first kappa shape index (κ1) is 16.5. The normalized spacial score (nSPS) is 9.96. The first-order valence-electron chi connectivity index (χ1n) is 7.45. The second kappa shape index (κ2) is 8.58. The molecule has 0 saturated carbocycles. The molecular formula is C18H21N3O2. The molecule has 0 aliphatic heterocycles. The number of rotatable bonds is 8. The van der Waals surface area contributed by atoms with Crippen molar-refractivity contribution in [1.82, 2.24) is 10.3 Å². The lowest BCUT2D eigenvalue weighted by Gasteiger charge is -2.10. The van der Waals surface area contributed by atoms with E-state index in [1.54, 1.807) is 25.4 Å². The molecule has 2 aromatic rings. The summed E-state index contributed by atoms with van der Waals surface area (Å²) in [7, 11) is 1.67. The van der Waals surface area contributed by atoms with Crippen LogP contribution in [-0.2, 0) is 6.42 Å². The number of hydrogen-bond acceptors (Lipinski definition) is 4. The maximum atomic E-state index is 11.7. The number of benzene rings is 1. The van der Waals surface area contributed by atoms with Gasteiger partial charge in [-0.15, -0.1) is 6.58 Å². The predicted molar refractivity (Wildman–Crippen MR) is 92.0 cm³/mol. The summed E-state index contributed by atoms with van der Waals surface area (Å²) in [5.74, 6) is 0.687. The third kappa shape index (κ3) is 4.85. The van der Waals surface area contributed by atoms with Crippen LogP contribution in [0.25, 0.3) is 0 Å².